The van der Waals surface area contributed by atoms with E-state index >= 15 is 0 Å². The lowest BCUT2D eigenvalue weighted by atomic mass is 9.96. The lowest BCUT2D eigenvalue weighted by Crippen LogP contribution is -2.36. The topological polar surface area (TPSA) is 93.7 Å². The zero-order valence-corrected chi connectivity index (χ0v) is 20.5. The van der Waals surface area contributed by atoms with Crippen molar-refractivity contribution in [1.82, 2.24) is 4.72 Å². The number of ether oxygens (including phenoxy) is 2. The van der Waals surface area contributed by atoms with Gasteiger partial charge in [-0.25, -0.2) is 13.1 Å². The van der Waals surface area contributed by atoms with E-state index in [1.165, 1.54) is 6.07 Å². The number of hydrogen-bond donors (Lipinski definition) is 2. The third-order valence-electron chi connectivity index (χ3n) is 5.87. The number of amides is 1. The van der Waals surface area contributed by atoms with Crippen LogP contribution in [0.15, 0.2) is 77.7 Å². The fourth-order valence-electron chi connectivity index (χ4n) is 4.06. The molecule has 1 amide bonds. The summed E-state index contributed by atoms with van der Waals surface area (Å²) in [6.07, 6.45) is 4.98. The highest BCUT2D eigenvalue weighted by Crippen LogP contribution is 2.29. The molecule has 1 aliphatic carbocycles. The van der Waals surface area contributed by atoms with Crippen LogP contribution < -0.4 is 19.5 Å². The highest BCUT2D eigenvalue weighted by atomic mass is 32.2. The highest BCUT2D eigenvalue weighted by Gasteiger charge is 2.22. The van der Waals surface area contributed by atoms with Gasteiger partial charge in [0.05, 0.1) is 10.6 Å². The van der Waals surface area contributed by atoms with Crippen molar-refractivity contribution in [3.8, 4) is 17.2 Å². The van der Waals surface area contributed by atoms with Gasteiger partial charge in [0.1, 0.15) is 11.5 Å². The first-order chi connectivity index (χ1) is 16.9. The van der Waals surface area contributed by atoms with Gasteiger partial charge in [0.15, 0.2) is 12.4 Å². The van der Waals surface area contributed by atoms with E-state index in [2.05, 4.69) is 10.0 Å². The minimum absolute atomic E-state index is 0.0116. The lowest BCUT2D eigenvalue weighted by molar-refractivity contribution is -0.118. The van der Waals surface area contributed by atoms with Crippen LogP contribution in [0.1, 0.15) is 37.7 Å². The molecule has 0 saturated heterocycles. The van der Waals surface area contributed by atoms with Gasteiger partial charge in [0.2, 0.25) is 10.0 Å². The van der Waals surface area contributed by atoms with Crippen molar-refractivity contribution < 1.29 is 22.7 Å². The molecule has 0 aliphatic heterocycles. The fraction of sp³-hybridized carbons (Fsp3) is 0.296. The summed E-state index contributed by atoms with van der Waals surface area (Å²) in [7, 11) is -3.60. The zero-order valence-electron chi connectivity index (χ0n) is 19.7. The number of hydrogen-bond acceptors (Lipinski definition) is 5. The molecule has 0 radical (unpaired) electrons. The van der Waals surface area contributed by atoms with E-state index in [1.807, 2.05) is 36.4 Å². The maximum atomic E-state index is 12.8. The van der Waals surface area contributed by atoms with Crippen molar-refractivity contribution in [2.45, 2.75) is 50.0 Å². The van der Waals surface area contributed by atoms with Gasteiger partial charge in [-0.3, -0.25) is 4.79 Å². The molecule has 2 N–H and O–H groups in total. The Hall–Kier alpha value is -3.36. The van der Waals surface area contributed by atoms with Gasteiger partial charge in [-0.1, -0.05) is 49.6 Å². The third-order valence-corrected chi connectivity index (χ3v) is 7.39. The van der Waals surface area contributed by atoms with Crippen LogP contribution in [0.5, 0.6) is 17.2 Å². The second-order valence-corrected chi connectivity index (χ2v) is 10.3. The summed E-state index contributed by atoms with van der Waals surface area (Å²) in [5, 5.41) is 2.81. The van der Waals surface area contributed by atoms with E-state index in [0.717, 1.165) is 32.1 Å². The largest absolute Gasteiger partial charge is 0.483 e. The predicted octanol–water partition coefficient (Wildman–Crippen LogP) is 5.42. The fourth-order valence-corrected chi connectivity index (χ4v) is 5.45. The molecule has 0 aromatic heterocycles. The van der Waals surface area contributed by atoms with Crippen LogP contribution in [0.2, 0.25) is 0 Å². The van der Waals surface area contributed by atoms with Gasteiger partial charge >= 0.3 is 0 Å². The van der Waals surface area contributed by atoms with Crippen LogP contribution >= 0.6 is 0 Å². The average Bonchev–Trinajstić information content (AvgIpc) is 2.85. The van der Waals surface area contributed by atoms with Crippen molar-refractivity contribution in [2.75, 3.05) is 11.9 Å². The lowest BCUT2D eigenvalue weighted by Gasteiger charge is -2.22. The molecule has 0 unspecified atom stereocenters. The van der Waals surface area contributed by atoms with Crippen LogP contribution in [-0.2, 0) is 14.8 Å². The molecule has 0 bridgehead atoms. The monoisotopic (exact) mass is 494 g/mol. The average molecular weight is 495 g/mol. The Morgan fingerprint density at radius 2 is 1.63 bits per heavy atom. The van der Waals surface area contributed by atoms with Gasteiger partial charge in [0.25, 0.3) is 5.91 Å². The van der Waals surface area contributed by atoms with E-state index in [-0.39, 0.29) is 23.5 Å². The first-order valence-electron chi connectivity index (χ1n) is 11.8. The van der Waals surface area contributed by atoms with E-state index in [1.54, 1.807) is 37.3 Å². The molecule has 35 heavy (non-hydrogen) atoms. The molecule has 3 aromatic carbocycles. The summed E-state index contributed by atoms with van der Waals surface area (Å²) in [5.41, 5.74) is 1.16. The summed E-state index contributed by atoms with van der Waals surface area (Å²) in [5.74, 6) is 1.27. The van der Waals surface area contributed by atoms with Crippen molar-refractivity contribution in [3.05, 3.63) is 78.4 Å². The van der Waals surface area contributed by atoms with Crippen molar-refractivity contribution >= 4 is 21.6 Å². The molecule has 1 aliphatic rings. The molecule has 8 heteroatoms. The smallest absolute Gasteiger partial charge is 0.262 e. The van der Waals surface area contributed by atoms with Gasteiger partial charge in [0, 0.05) is 6.04 Å². The molecule has 4 rings (SSSR count). The number of para-hydroxylation sites is 3. The standard InChI is InChI=1S/C27H30N2O5S/c1-20-18-23(35(31,32)29-21-10-4-2-5-11-21)16-17-25(20)33-19-27(30)28-24-14-8-9-15-26(24)34-22-12-6-3-7-13-22/h3,6-9,12-18,21,29H,2,4-5,10-11,19H2,1H3,(H,28,30). The number of anilines is 1. The van der Waals surface area contributed by atoms with Crippen LogP contribution in [-0.4, -0.2) is 27.0 Å². The molecule has 1 fully saturated rings. The summed E-state index contributed by atoms with van der Waals surface area (Å²) in [6, 6.07) is 21.1. The second-order valence-electron chi connectivity index (χ2n) is 8.63. The Kier molecular flexibility index (Phi) is 8.05. The van der Waals surface area contributed by atoms with Crippen molar-refractivity contribution in [1.29, 1.82) is 0 Å². The van der Waals surface area contributed by atoms with Crippen LogP contribution in [0.3, 0.4) is 0 Å². The maximum absolute atomic E-state index is 12.8. The van der Waals surface area contributed by atoms with Crippen molar-refractivity contribution in [2.24, 2.45) is 0 Å². The Balaban J connectivity index is 1.36. The molecule has 184 valence electrons. The molecule has 0 atom stereocenters. The molecule has 0 heterocycles. The van der Waals surface area contributed by atoms with Crippen LogP contribution in [0.4, 0.5) is 5.69 Å². The Labute approximate surface area is 206 Å². The number of benzene rings is 3. The summed E-state index contributed by atoms with van der Waals surface area (Å²) < 4.78 is 39.9. The first-order valence-corrected chi connectivity index (χ1v) is 13.3. The Bertz CT molecular complexity index is 1260. The summed E-state index contributed by atoms with van der Waals surface area (Å²) >= 11 is 0. The number of carbonyl (C=O) groups excluding carboxylic acids is 1. The Morgan fingerprint density at radius 1 is 0.914 bits per heavy atom. The van der Waals surface area contributed by atoms with Crippen LogP contribution in [0.25, 0.3) is 0 Å². The van der Waals surface area contributed by atoms with Crippen molar-refractivity contribution in [3.63, 3.8) is 0 Å². The molecule has 0 spiro atoms. The predicted molar refractivity (Wildman–Crippen MR) is 135 cm³/mol. The van der Waals surface area contributed by atoms with E-state index in [0.29, 0.717) is 28.5 Å². The molecular weight excluding hydrogens is 464 g/mol. The van der Waals surface area contributed by atoms with E-state index < -0.39 is 10.0 Å². The molecular formula is C27H30N2O5S. The van der Waals surface area contributed by atoms with E-state index in [9.17, 15) is 13.2 Å². The molecule has 3 aromatic rings. The minimum Gasteiger partial charge on any atom is -0.483 e. The number of carbonyl (C=O) groups is 1. The highest BCUT2D eigenvalue weighted by molar-refractivity contribution is 7.89. The normalized spacial score (nSPS) is 14.3. The Morgan fingerprint density at radius 3 is 2.37 bits per heavy atom. The number of aryl methyl sites for hydroxylation is 1. The SMILES string of the molecule is Cc1cc(S(=O)(=O)NC2CCCCC2)ccc1OCC(=O)Nc1ccccc1Oc1ccccc1. The quantitative estimate of drug-likeness (QED) is 0.415. The number of rotatable bonds is 9. The van der Waals surface area contributed by atoms with Gasteiger partial charge in [-0.15, -0.1) is 0 Å². The molecule has 1 saturated carbocycles. The second kappa shape index (κ2) is 11.4. The maximum Gasteiger partial charge on any atom is 0.262 e. The summed E-state index contributed by atoms with van der Waals surface area (Å²) in [4.78, 5) is 12.8. The zero-order chi connectivity index (χ0) is 24.7. The van der Waals surface area contributed by atoms with Gasteiger partial charge < -0.3 is 14.8 Å². The first kappa shape index (κ1) is 24.8. The van der Waals surface area contributed by atoms with Gasteiger partial charge in [-0.2, -0.15) is 0 Å². The van der Waals surface area contributed by atoms with Gasteiger partial charge in [-0.05, 0) is 67.8 Å². The van der Waals surface area contributed by atoms with E-state index in [4.69, 9.17) is 9.47 Å². The summed E-state index contributed by atoms with van der Waals surface area (Å²) in [6.45, 7) is 1.53. The number of nitrogens with one attached hydrogen (secondary N) is 2. The number of sulfonamides is 1. The molecule has 7 nitrogen and oxygen atoms in total. The third kappa shape index (κ3) is 6.83. The minimum atomic E-state index is -3.60. The van der Waals surface area contributed by atoms with Crippen LogP contribution in [0, 0.1) is 6.92 Å².